The molecule has 1 rings (SSSR count). The summed E-state index contributed by atoms with van der Waals surface area (Å²) in [5, 5.41) is 26.0. The van der Waals surface area contributed by atoms with Crippen molar-refractivity contribution >= 4 is 5.91 Å². The summed E-state index contributed by atoms with van der Waals surface area (Å²) < 4.78 is 0. The third kappa shape index (κ3) is 3.85. The lowest BCUT2D eigenvalue weighted by Crippen LogP contribution is -2.31. The summed E-state index contributed by atoms with van der Waals surface area (Å²) in [5.74, 6) is 4.90. The number of hydrogen-bond donors (Lipinski definition) is 1. The first-order valence-electron chi connectivity index (χ1n) is 5.87. The lowest BCUT2D eigenvalue weighted by Gasteiger charge is -2.16. The van der Waals surface area contributed by atoms with E-state index in [2.05, 4.69) is 11.8 Å². The maximum atomic E-state index is 12.2. The second-order valence-electron chi connectivity index (χ2n) is 3.97. The number of benzene rings is 1. The largest absolute Gasteiger partial charge is 0.384 e. The average Bonchev–Trinajstić information content (AvgIpc) is 2.45. The van der Waals surface area contributed by atoms with Crippen LogP contribution in [0.25, 0.3) is 0 Å². The second kappa shape index (κ2) is 7.59. The smallest absolute Gasteiger partial charge is 0.255 e. The zero-order valence-electron chi connectivity index (χ0n) is 11.1. The molecule has 1 aromatic rings. The van der Waals surface area contributed by atoms with Crippen LogP contribution in [0.15, 0.2) is 18.2 Å². The molecule has 0 unspecified atom stereocenters. The van der Waals surface area contributed by atoms with Gasteiger partial charge < -0.3 is 10.0 Å². The molecule has 0 aliphatic carbocycles. The SMILES string of the molecule is Cc1ccc(C(=O)N(CC#N)CC#N)cc1C#CCO. The molecule has 5 heteroatoms. The monoisotopic (exact) mass is 267 g/mol. The maximum absolute atomic E-state index is 12.2. The van der Waals surface area contributed by atoms with E-state index in [9.17, 15) is 4.79 Å². The predicted molar refractivity (Wildman–Crippen MR) is 72.3 cm³/mol. The normalized spacial score (nSPS) is 8.80. The molecule has 100 valence electrons. The summed E-state index contributed by atoms with van der Waals surface area (Å²) >= 11 is 0. The van der Waals surface area contributed by atoms with E-state index in [0.29, 0.717) is 11.1 Å². The van der Waals surface area contributed by atoms with Gasteiger partial charge in [-0.15, -0.1) is 0 Å². The van der Waals surface area contributed by atoms with Gasteiger partial charge in [0.2, 0.25) is 0 Å². The van der Waals surface area contributed by atoms with E-state index in [0.717, 1.165) is 10.5 Å². The Morgan fingerprint density at radius 1 is 1.30 bits per heavy atom. The highest BCUT2D eigenvalue weighted by molar-refractivity contribution is 5.95. The number of aryl methyl sites for hydroxylation is 1. The highest BCUT2D eigenvalue weighted by Crippen LogP contribution is 2.12. The minimum Gasteiger partial charge on any atom is -0.384 e. The number of carbonyl (C=O) groups is 1. The van der Waals surface area contributed by atoms with E-state index in [-0.39, 0.29) is 25.6 Å². The van der Waals surface area contributed by atoms with Crippen molar-refractivity contribution in [3.05, 3.63) is 34.9 Å². The van der Waals surface area contributed by atoms with Crippen LogP contribution in [-0.4, -0.2) is 35.6 Å². The van der Waals surface area contributed by atoms with Crippen molar-refractivity contribution in [1.82, 2.24) is 4.90 Å². The van der Waals surface area contributed by atoms with E-state index >= 15 is 0 Å². The molecule has 0 spiro atoms. The lowest BCUT2D eigenvalue weighted by molar-refractivity contribution is 0.0794. The van der Waals surface area contributed by atoms with Crippen LogP contribution in [0.2, 0.25) is 0 Å². The Kier molecular flexibility index (Phi) is 5.78. The van der Waals surface area contributed by atoms with Gasteiger partial charge in [0.05, 0.1) is 12.1 Å². The van der Waals surface area contributed by atoms with Crippen molar-refractivity contribution in [1.29, 1.82) is 10.5 Å². The van der Waals surface area contributed by atoms with Gasteiger partial charge in [0.25, 0.3) is 5.91 Å². The Balaban J connectivity index is 3.10. The van der Waals surface area contributed by atoms with Crippen molar-refractivity contribution in [2.24, 2.45) is 0 Å². The summed E-state index contributed by atoms with van der Waals surface area (Å²) in [6, 6.07) is 8.68. The molecule has 0 fully saturated rings. The van der Waals surface area contributed by atoms with Gasteiger partial charge in [-0.1, -0.05) is 17.9 Å². The number of hydrogen-bond acceptors (Lipinski definition) is 4. The minimum atomic E-state index is -0.389. The van der Waals surface area contributed by atoms with Crippen LogP contribution in [0.3, 0.4) is 0 Å². The van der Waals surface area contributed by atoms with Crippen molar-refractivity contribution in [3.63, 3.8) is 0 Å². The summed E-state index contributed by atoms with van der Waals surface area (Å²) in [6.45, 7) is 1.31. The molecule has 1 amide bonds. The van der Waals surface area contributed by atoms with E-state index in [4.69, 9.17) is 15.6 Å². The van der Waals surface area contributed by atoms with Crippen LogP contribution in [0.5, 0.6) is 0 Å². The highest BCUT2D eigenvalue weighted by atomic mass is 16.2. The van der Waals surface area contributed by atoms with Crippen LogP contribution in [0, 0.1) is 41.4 Å². The average molecular weight is 267 g/mol. The third-order valence-corrected chi connectivity index (χ3v) is 2.60. The van der Waals surface area contributed by atoms with Crippen LogP contribution < -0.4 is 0 Å². The Morgan fingerprint density at radius 2 is 1.95 bits per heavy atom. The molecule has 5 nitrogen and oxygen atoms in total. The fourth-order valence-corrected chi connectivity index (χ4v) is 1.58. The van der Waals surface area contributed by atoms with Gasteiger partial charge in [-0.2, -0.15) is 10.5 Å². The molecule has 0 bridgehead atoms. The van der Waals surface area contributed by atoms with Gasteiger partial charge >= 0.3 is 0 Å². The number of aliphatic hydroxyl groups excluding tert-OH is 1. The molecule has 0 radical (unpaired) electrons. The Labute approximate surface area is 117 Å². The summed E-state index contributed by atoms with van der Waals surface area (Å²) in [4.78, 5) is 13.3. The van der Waals surface area contributed by atoms with Gasteiger partial charge in [-0.3, -0.25) is 4.79 Å². The van der Waals surface area contributed by atoms with E-state index in [1.54, 1.807) is 18.2 Å². The fraction of sp³-hybridized carbons (Fsp3) is 0.267. The topological polar surface area (TPSA) is 88.1 Å². The molecule has 0 aliphatic rings. The zero-order chi connectivity index (χ0) is 15.0. The standard InChI is InChI=1S/C15H13N3O2/c1-12-4-5-14(11-13(12)3-2-10-19)15(20)18(8-6-16)9-7-17/h4-5,11,19H,8-10H2,1H3. The number of amides is 1. The molecule has 0 aromatic heterocycles. The van der Waals surface area contributed by atoms with Crippen LogP contribution in [0.1, 0.15) is 21.5 Å². The molecule has 1 aromatic carbocycles. The second-order valence-corrected chi connectivity index (χ2v) is 3.97. The first-order valence-corrected chi connectivity index (χ1v) is 5.87. The molecule has 0 saturated heterocycles. The van der Waals surface area contributed by atoms with E-state index in [1.807, 2.05) is 19.1 Å². The zero-order valence-corrected chi connectivity index (χ0v) is 11.1. The molecular weight excluding hydrogens is 254 g/mol. The first-order chi connectivity index (χ1) is 9.63. The van der Waals surface area contributed by atoms with Gasteiger partial charge in [-0.25, -0.2) is 0 Å². The predicted octanol–water partition coefficient (Wildman–Crippen LogP) is 0.828. The molecule has 0 atom stereocenters. The first kappa shape index (κ1) is 15.2. The van der Waals surface area contributed by atoms with E-state index in [1.165, 1.54) is 0 Å². The quantitative estimate of drug-likeness (QED) is 0.649. The number of nitriles is 2. The number of nitrogens with zero attached hydrogens (tertiary/aromatic N) is 3. The Morgan fingerprint density at radius 3 is 2.50 bits per heavy atom. The lowest BCUT2D eigenvalue weighted by atomic mass is 10.0. The molecule has 20 heavy (non-hydrogen) atoms. The highest BCUT2D eigenvalue weighted by Gasteiger charge is 2.15. The van der Waals surface area contributed by atoms with Gasteiger partial charge in [0.1, 0.15) is 19.7 Å². The maximum Gasteiger partial charge on any atom is 0.255 e. The van der Waals surface area contributed by atoms with Gasteiger partial charge in [-0.05, 0) is 24.6 Å². The molecule has 1 N–H and O–H groups in total. The van der Waals surface area contributed by atoms with Crippen LogP contribution >= 0.6 is 0 Å². The van der Waals surface area contributed by atoms with Crippen molar-refractivity contribution in [2.45, 2.75) is 6.92 Å². The van der Waals surface area contributed by atoms with Crippen LogP contribution in [0.4, 0.5) is 0 Å². The van der Waals surface area contributed by atoms with Crippen LogP contribution in [-0.2, 0) is 0 Å². The molecular formula is C15H13N3O2. The molecule has 0 saturated carbocycles. The fourth-order valence-electron chi connectivity index (χ4n) is 1.58. The van der Waals surface area contributed by atoms with Gasteiger partial charge in [0, 0.05) is 11.1 Å². The minimum absolute atomic E-state index is 0.141. The third-order valence-electron chi connectivity index (χ3n) is 2.60. The number of aliphatic hydroxyl groups is 1. The Hall–Kier alpha value is -2.81. The van der Waals surface area contributed by atoms with Gasteiger partial charge in [0.15, 0.2) is 0 Å². The molecule has 0 heterocycles. The summed E-state index contributed by atoms with van der Waals surface area (Å²) in [7, 11) is 0. The summed E-state index contributed by atoms with van der Waals surface area (Å²) in [5.41, 5.74) is 1.89. The number of rotatable bonds is 3. The number of carbonyl (C=O) groups excluding carboxylic acids is 1. The Bertz CT molecular complexity index is 626. The van der Waals surface area contributed by atoms with E-state index < -0.39 is 0 Å². The molecule has 0 aliphatic heterocycles. The van der Waals surface area contributed by atoms with Crippen molar-refractivity contribution in [2.75, 3.05) is 19.7 Å². The van der Waals surface area contributed by atoms with Crippen molar-refractivity contribution in [3.8, 4) is 24.0 Å². The van der Waals surface area contributed by atoms with Crippen molar-refractivity contribution < 1.29 is 9.90 Å². The summed E-state index contributed by atoms with van der Waals surface area (Å²) in [6.07, 6.45) is 0.